The summed E-state index contributed by atoms with van der Waals surface area (Å²) in [7, 11) is 4.11. The van der Waals surface area contributed by atoms with Crippen LogP contribution in [0.2, 0.25) is 0 Å². The van der Waals surface area contributed by atoms with Crippen LogP contribution in [0.5, 0.6) is 0 Å². The molecule has 0 bridgehead atoms. The van der Waals surface area contributed by atoms with Crippen molar-refractivity contribution in [1.82, 2.24) is 14.9 Å². The van der Waals surface area contributed by atoms with Crippen molar-refractivity contribution in [2.45, 2.75) is 25.8 Å². The number of aromatic nitrogens is 2. The summed E-state index contributed by atoms with van der Waals surface area (Å²) in [5, 5.41) is 3.01. The Morgan fingerprint density at radius 3 is 2.55 bits per heavy atom. The van der Waals surface area contributed by atoms with Crippen molar-refractivity contribution in [3.8, 4) is 0 Å². The Labute approximate surface area is 130 Å². The summed E-state index contributed by atoms with van der Waals surface area (Å²) in [5.74, 6) is 0.607. The van der Waals surface area contributed by atoms with Crippen LogP contribution in [0.1, 0.15) is 18.9 Å². The smallest absolute Gasteiger partial charge is 0.229 e. The van der Waals surface area contributed by atoms with Crippen molar-refractivity contribution in [2.75, 3.05) is 25.1 Å². The minimum atomic E-state index is -0.281. The van der Waals surface area contributed by atoms with Crippen LogP contribution in [-0.2, 0) is 6.42 Å². The van der Waals surface area contributed by atoms with Crippen LogP contribution in [0.4, 0.5) is 21.8 Å². The number of hydrogen-bond acceptors (Lipinski definition) is 5. The summed E-state index contributed by atoms with van der Waals surface area (Å²) in [6, 6.07) is 6.48. The molecule has 0 fully saturated rings. The maximum absolute atomic E-state index is 12.9. The fourth-order valence-electron chi connectivity index (χ4n) is 1.96. The lowest BCUT2D eigenvalue weighted by Crippen LogP contribution is -2.25. The molecule has 1 unspecified atom stereocenters. The highest BCUT2D eigenvalue weighted by Gasteiger charge is 2.09. The Balaban J connectivity index is 2.01. The Morgan fingerprint density at radius 1 is 1.27 bits per heavy atom. The van der Waals surface area contributed by atoms with E-state index in [9.17, 15) is 4.39 Å². The number of nitrogen functional groups attached to an aromatic ring is 1. The fourth-order valence-corrected chi connectivity index (χ4v) is 1.96. The number of aryl methyl sites for hydroxylation is 1. The quantitative estimate of drug-likeness (QED) is 0.859. The standard InChI is InChI=1S/C16H22FN5/c1-11(22(2)3)4-5-12-10-19-16(21-15(12)18)20-14-8-6-13(17)7-9-14/h6-11H,4-5H2,1-3H3,(H3,18,19,20,21). The molecule has 5 nitrogen and oxygen atoms in total. The number of hydrogen-bond donors (Lipinski definition) is 2. The molecular weight excluding hydrogens is 281 g/mol. The van der Waals surface area contributed by atoms with Crippen LogP contribution in [-0.4, -0.2) is 35.0 Å². The van der Waals surface area contributed by atoms with Gasteiger partial charge < -0.3 is 16.0 Å². The number of halogens is 1. The summed E-state index contributed by atoms with van der Waals surface area (Å²) < 4.78 is 12.9. The molecule has 0 amide bonds. The lowest BCUT2D eigenvalue weighted by molar-refractivity contribution is 0.299. The van der Waals surface area contributed by atoms with Gasteiger partial charge in [-0.25, -0.2) is 9.37 Å². The minimum absolute atomic E-state index is 0.281. The Bertz CT molecular complexity index is 612. The van der Waals surface area contributed by atoms with E-state index < -0.39 is 0 Å². The van der Waals surface area contributed by atoms with Crippen molar-refractivity contribution in [3.63, 3.8) is 0 Å². The lowest BCUT2D eigenvalue weighted by atomic mass is 10.1. The summed E-state index contributed by atoms with van der Waals surface area (Å²) >= 11 is 0. The fraction of sp³-hybridized carbons (Fsp3) is 0.375. The molecule has 2 aromatic rings. The molecule has 1 atom stereocenters. The van der Waals surface area contributed by atoms with Gasteiger partial charge in [0.25, 0.3) is 0 Å². The van der Waals surface area contributed by atoms with Gasteiger partial charge in [0, 0.05) is 23.5 Å². The van der Waals surface area contributed by atoms with Crippen LogP contribution in [0, 0.1) is 5.82 Å². The molecule has 0 radical (unpaired) electrons. The molecule has 1 heterocycles. The molecule has 0 saturated carbocycles. The van der Waals surface area contributed by atoms with Crippen molar-refractivity contribution >= 4 is 17.5 Å². The van der Waals surface area contributed by atoms with Gasteiger partial charge >= 0.3 is 0 Å². The second kappa shape index (κ2) is 7.17. The zero-order chi connectivity index (χ0) is 16.1. The van der Waals surface area contributed by atoms with Gasteiger partial charge in [-0.3, -0.25) is 0 Å². The van der Waals surface area contributed by atoms with Gasteiger partial charge in [0.15, 0.2) is 0 Å². The second-order valence-electron chi connectivity index (χ2n) is 5.59. The second-order valence-corrected chi connectivity index (χ2v) is 5.59. The highest BCUT2D eigenvalue weighted by Crippen LogP contribution is 2.17. The van der Waals surface area contributed by atoms with E-state index in [-0.39, 0.29) is 5.82 Å². The van der Waals surface area contributed by atoms with Gasteiger partial charge in [-0.2, -0.15) is 4.98 Å². The zero-order valence-electron chi connectivity index (χ0n) is 13.2. The van der Waals surface area contributed by atoms with E-state index in [4.69, 9.17) is 5.73 Å². The van der Waals surface area contributed by atoms with E-state index in [0.29, 0.717) is 17.8 Å². The Kier molecular flexibility index (Phi) is 5.27. The molecule has 0 saturated heterocycles. The van der Waals surface area contributed by atoms with Crippen LogP contribution < -0.4 is 11.1 Å². The van der Waals surface area contributed by atoms with Crippen LogP contribution >= 0.6 is 0 Å². The van der Waals surface area contributed by atoms with Crippen molar-refractivity contribution in [1.29, 1.82) is 0 Å². The number of nitrogens with two attached hydrogens (primary N) is 1. The molecule has 1 aromatic carbocycles. The first-order valence-corrected chi connectivity index (χ1v) is 7.26. The first-order chi connectivity index (χ1) is 10.5. The van der Waals surface area contributed by atoms with Crippen LogP contribution in [0.15, 0.2) is 30.5 Å². The Hall–Kier alpha value is -2.21. The van der Waals surface area contributed by atoms with Gasteiger partial charge in [0.1, 0.15) is 11.6 Å². The van der Waals surface area contributed by atoms with Crippen LogP contribution in [0.25, 0.3) is 0 Å². The third-order valence-electron chi connectivity index (χ3n) is 3.71. The van der Waals surface area contributed by atoms with Gasteiger partial charge in [-0.15, -0.1) is 0 Å². The number of nitrogens with one attached hydrogen (secondary N) is 1. The highest BCUT2D eigenvalue weighted by molar-refractivity contribution is 5.55. The van der Waals surface area contributed by atoms with E-state index in [1.54, 1.807) is 18.3 Å². The summed E-state index contributed by atoms with van der Waals surface area (Å²) in [6.45, 7) is 2.17. The third-order valence-corrected chi connectivity index (χ3v) is 3.71. The molecule has 6 heteroatoms. The molecule has 0 aliphatic rings. The average molecular weight is 303 g/mol. The van der Waals surface area contributed by atoms with Crippen molar-refractivity contribution in [3.05, 3.63) is 41.8 Å². The van der Waals surface area contributed by atoms with E-state index in [2.05, 4.69) is 41.2 Å². The number of anilines is 3. The predicted molar refractivity (Wildman–Crippen MR) is 87.6 cm³/mol. The maximum atomic E-state index is 12.9. The first kappa shape index (κ1) is 16.2. The molecule has 0 spiro atoms. The SMILES string of the molecule is CC(CCc1cnc(Nc2ccc(F)cc2)nc1N)N(C)C. The molecule has 3 N–H and O–H groups in total. The minimum Gasteiger partial charge on any atom is -0.383 e. The van der Waals surface area contributed by atoms with Gasteiger partial charge in [0.2, 0.25) is 5.95 Å². The van der Waals surface area contributed by atoms with Gasteiger partial charge in [0.05, 0.1) is 0 Å². The normalized spacial score (nSPS) is 12.4. The van der Waals surface area contributed by atoms with Gasteiger partial charge in [-0.1, -0.05) is 0 Å². The molecule has 2 rings (SSSR count). The third kappa shape index (κ3) is 4.39. The molecule has 22 heavy (non-hydrogen) atoms. The predicted octanol–water partition coefficient (Wildman–Crippen LogP) is 2.82. The Morgan fingerprint density at radius 2 is 1.95 bits per heavy atom. The summed E-state index contributed by atoms with van der Waals surface area (Å²) in [5.41, 5.74) is 7.66. The highest BCUT2D eigenvalue weighted by atomic mass is 19.1. The number of benzene rings is 1. The maximum Gasteiger partial charge on any atom is 0.229 e. The lowest BCUT2D eigenvalue weighted by Gasteiger charge is -2.19. The molecule has 1 aromatic heterocycles. The van der Waals surface area contributed by atoms with E-state index in [1.165, 1.54) is 12.1 Å². The molecule has 118 valence electrons. The summed E-state index contributed by atoms with van der Waals surface area (Å²) in [6.07, 6.45) is 3.57. The first-order valence-electron chi connectivity index (χ1n) is 7.26. The van der Waals surface area contributed by atoms with E-state index >= 15 is 0 Å². The van der Waals surface area contributed by atoms with Crippen LogP contribution in [0.3, 0.4) is 0 Å². The largest absolute Gasteiger partial charge is 0.383 e. The molecule has 0 aliphatic heterocycles. The van der Waals surface area contributed by atoms with Crippen molar-refractivity contribution in [2.24, 2.45) is 0 Å². The molecular formula is C16H22FN5. The van der Waals surface area contributed by atoms with E-state index in [1.807, 2.05) is 0 Å². The van der Waals surface area contributed by atoms with Crippen molar-refractivity contribution < 1.29 is 4.39 Å². The average Bonchev–Trinajstić information content (AvgIpc) is 2.48. The monoisotopic (exact) mass is 303 g/mol. The summed E-state index contributed by atoms with van der Waals surface area (Å²) in [4.78, 5) is 10.7. The molecule has 0 aliphatic carbocycles. The zero-order valence-corrected chi connectivity index (χ0v) is 13.2. The number of nitrogens with zero attached hydrogens (tertiary/aromatic N) is 3. The number of rotatable bonds is 6. The topological polar surface area (TPSA) is 67.1 Å². The van der Waals surface area contributed by atoms with E-state index in [0.717, 1.165) is 24.1 Å². The van der Waals surface area contributed by atoms with Gasteiger partial charge in [-0.05, 0) is 58.1 Å².